The Labute approximate surface area is 103 Å². The Bertz CT molecular complexity index is 397. The van der Waals surface area contributed by atoms with Crippen LogP contribution in [0.3, 0.4) is 0 Å². The van der Waals surface area contributed by atoms with Crippen LogP contribution in [0, 0.1) is 12.8 Å². The minimum Gasteiger partial charge on any atom is -0.316 e. The predicted octanol–water partition coefficient (Wildman–Crippen LogP) is 1.96. The average molecular weight is 232 g/mol. The third kappa shape index (κ3) is 2.86. The van der Waals surface area contributed by atoms with Crippen molar-refractivity contribution in [2.45, 2.75) is 19.8 Å². The quantitative estimate of drug-likeness (QED) is 0.864. The van der Waals surface area contributed by atoms with Crippen molar-refractivity contribution in [2.24, 2.45) is 5.92 Å². The van der Waals surface area contributed by atoms with Crippen molar-refractivity contribution >= 4 is 11.6 Å². The molecular weight excluding hydrogens is 212 g/mol. The monoisotopic (exact) mass is 232 g/mol. The van der Waals surface area contributed by atoms with Crippen molar-refractivity contribution in [1.82, 2.24) is 5.32 Å². The van der Waals surface area contributed by atoms with Crippen LogP contribution in [0.4, 0.5) is 5.69 Å². The van der Waals surface area contributed by atoms with Gasteiger partial charge in [-0.3, -0.25) is 4.79 Å². The summed E-state index contributed by atoms with van der Waals surface area (Å²) in [5.74, 6) is 0.724. The number of carbonyl (C=O) groups excluding carboxylic acids is 1. The van der Waals surface area contributed by atoms with Crippen molar-refractivity contribution in [3.63, 3.8) is 0 Å². The van der Waals surface area contributed by atoms with E-state index >= 15 is 0 Å². The number of hydrogen-bond donors (Lipinski definition) is 1. The van der Waals surface area contributed by atoms with Crippen LogP contribution < -0.4 is 10.2 Å². The predicted molar refractivity (Wildman–Crippen MR) is 70.2 cm³/mol. The van der Waals surface area contributed by atoms with Gasteiger partial charge in [0.1, 0.15) is 0 Å². The number of carbonyl (C=O) groups is 1. The van der Waals surface area contributed by atoms with Gasteiger partial charge in [-0.1, -0.05) is 18.2 Å². The van der Waals surface area contributed by atoms with E-state index in [4.69, 9.17) is 0 Å². The summed E-state index contributed by atoms with van der Waals surface area (Å²) in [5.41, 5.74) is 2.16. The standard InChI is InChI=1S/C14H20N2O/c1-11-5-3-4-6-13(11)16(2)14(17)9-12-7-8-15-10-12/h3-6,12,15H,7-10H2,1-2H3. The molecular formula is C14H20N2O. The van der Waals surface area contributed by atoms with Crippen molar-refractivity contribution < 1.29 is 4.79 Å². The fourth-order valence-electron chi connectivity index (χ4n) is 2.35. The first-order chi connectivity index (χ1) is 8.18. The average Bonchev–Trinajstić information content (AvgIpc) is 2.81. The van der Waals surface area contributed by atoms with Gasteiger partial charge in [-0.15, -0.1) is 0 Å². The van der Waals surface area contributed by atoms with Crippen molar-refractivity contribution in [2.75, 3.05) is 25.0 Å². The van der Waals surface area contributed by atoms with Crippen molar-refractivity contribution in [3.05, 3.63) is 29.8 Å². The molecule has 1 atom stereocenters. The summed E-state index contributed by atoms with van der Waals surface area (Å²) in [6.45, 7) is 4.07. The Hall–Kier alpha value is -1.35. The Balaban J connectivity index is 2.01. The lowest BCUT2D eigenvalue weighted by molar-refractivity contribution is -0.119. The Kier molecular flexibility index (Phi) is 3.79. The molecule has 3 nitrogen and oxygen atoms in total. The number of benzene rings is 1. The van der Waals surface area contributed by atoms with Crippen LogP contribution in [0.5, 0.6) is 0 Å². The first-order valence-corrected chi connectivity index (χ1v) is 6.21. The smallest absolute Gasteiger partial charge is 0.227 e. The van der Waals surface area contributed by atoms with Crippen LogP contribution >= 0.6 is 0 Å². The molecule has 1 saturated heterocycles. The maximum absolute atomic E-state index is 12.1. The second kappa shape index (κ2) is 5.32. The first-order valence-electron chi connectivity index (χ1n) is 6.21. The number of hydrogen-bond acceptors (Lipinski definition) is 2. The second-order valence-electron chi connectivity index (χ2n) is 4.80. The fraction of sp³-hybridized carbons (Fsp3) is 0.500. The highest BCUT2D eigenvalue weighted by Crippen LogP contribution is 2.21. The lowest BCUT2D eigenvalue weighted by Crippen LogP contribution is -2.29. The van der Waals surface area contributed by atoms with Gasteiger partial charge in [0.15, 0.2) is 0 Å². The molecule has 0 bridgehead atoms. The summed E-state index contributed by atoms with van der Waals surface area (Å²) in [4.78, 5) is 13.9. The maximum atomic E-state index is 12.1. The summed E-state index contributed by atoms with van der Waals surface area (Å²) in [6, 6.07) is 8.01. The first kappa shape index (κ1) is 12.1. The lowest BCUT2D eigenvalue weighted by Gasteiger charge is -2.21. The Morgan fingerprint density at radius 1 is 1.47 bits per heavy atom. The van der Waals surface area contributed by atoms with Gasteiger partial charge >= 0.3 is 0 Å². The Morgan fingerprint density at radius 2 is 2.24 bits per heavy atom. The van der Waals surface area contributed by atoms with E-state index in [1.165, 1.54) is 0 Å². The molecule has 1 heterocycles. The minimum atomic E-state index is 0.216. The van der Waals surface area contributed by atoms with Crippen LogP contribution in [0.1, 0.15) is 18.4 Å². The molecule has 0 aromatic heterocycles. The number of rotatable bonds is 3. The molecule has 92 valence electrons. The van der Waals surface area contributed by atoms with Crippen LogP contribution in [0.15, 0.2) is 24.3 Å². The van der Waals surface area contributed by atoms with E-state index in [2.05, 4.69) is 5.32 Å². The zero-order chi connectivity index (χ0) is 12.3. The number of nitrogens with one attached hydrogen (secondary N) is 1. The van der Waals surface area contributed by atoms with Crippen LogP contribution in [0.25, 0.3) is 0 Å². The van der Waals surface area contributed by atoms with E-state index in [1.54, 1.807) is 4.90 Å². The third-order valence-electron chi connectivity index (χ3n) is 3.48. The van der Waals surface area contributed by atoms with Gasteiger partial charge in [0.25, 0.3) is 0 Å². The van der Waals surface area contributed by atoms with E-state index in [-0.39, 0.29) is 5.91 Å². The van der Waals surface area contributed by atoms with E-state index < -0.39 is 0 Å². The molecule has 2 rings (SSSR count). The number of nitrogens with zero attached hydrogens (tertiary/aromatic N) is 1. The van der Waals surface area contributed by atoms with Gasteiger partial charge in [-0.25, -0.2) is 0 Å². The molecule has 3 heteroatoms. The number of aryl methyl sites for hydroxylation is 1. The van der Waals surface area contributed by atoms with E-state index in [1.807, 2.05) is 38.2 Å². The molecule has 1 aromatic carbocycles. The maximum Gasteiger partial charge on any atom is 0.227 e. The van der Waals surface area contributed by atoms with Gasteiger partial charge in [0.2, 0.25) is 5.91 Å². The zero-order valence-electron chi connectivity index (χ0n) is 10.6. The van der Waals surface area contributed by atoms with Gasteiger partial charge in [0.05, 0.1) is 0 Å². The van der Waals surface area contributed by atoms with E-state index in [9.17, 15) is 4.79 Å². The summed E-state index contributed by atoms with van der Waals surface area (Å²) in [6.07, 6.45) is 1.77. The molecule has 1 aliphatic rings. The highest BCUT2D eigenvalue weighted by molar-refractivity contribution is 5.93. The molecule has 0 spiro atoms. The fourth-order valence-corrected chi connectivity index (χ4v) is 2.35. The highest BCUT2D eigenvalue weighted by Gasteiger charge is 2.21. The molecule has 17 heavy (non-hydrogen) atoms. The van der Waals surface area contributed by atoms with Crippen LogP contribution in [0.2, 0.25) is 0 Å². The molecule has 1 fully saturated rings. The minimum absolute atomic E-state index is 0.216. The molecule has 1 unspecified atom stereocenters. The molecule has 0 radical (unpaired) electrons. The van der Waals surface area contributed by atoms with Crippen LogP contribution in [-0.4, -0.2) is 26.0 Å². The van der Waals surface area contributed by atoms with Gasteiger partial charge in [-0.2, -0.15) is 0 Å². The molecule has 1 N–H and O–H groups in total. The topological polar surface area (TPSA) is 32.3 Å². The molecule has 0 aliphatic carbocycles. The largest absolute Gasteiger partial charge is 0.316 e. The van der Waals surface area contributed by atoms with Crippen LogP contribution in [-0.2, 0) is 4.79 Å². The highest BCUT2D eigenvalue weighted by atomic mass is 16.2. The van der Waals surface area contributed by atoms with E-state index in [0.29, 0.717) is 12.3 Å². The summed E-state index contributed by atoms with van der Waals surface area (Å²) >= 11 is 0. The number of anilines is 1. The molecule has 1 aromatic rings. The number of amides is 1. The van der Waals surface area contributed by atoms with Crippen molar-refractivity contribution in [3.8, 4) is 0 Å². The second-order valence-corrected chi connectivity index (χ2v) is 4.80. The molecule has 0 saturated carbocycles. The summed E-state index contributed by atoms with van der Waals surface area (Å²) < 4.78 is 0. The van der Waals surface area contributed by atoms with Gasteiger partial charge in [0, 0.05) is 19.2 Å². The lowest BCUT2D eigenvalue weighted by atomic mass is 10.0. The Morgan fingerprint density at radius 3 is 2.88 bits per heavy atom. The number of para-hydroxylation sites is 1. The normalized spacial score (nSPS) is 19.3. The summed E-state index contributed by atoms with van der Waals surface area (Å²) in [5, 5.41) is 3.30. The van der Waals surface area contributed by atoms with Crippen molar-refractivity contribution in [1.29, 1.82) is 0 Å². The third-order valence-corrected chi connectivity index (χ3v) is 3.48. The van der Waals surface area contributed by atoms with Gasteiger partial charge in [-0.05, 0) is 44.0 Å². The van der Waals surface area contributed by atoms with E-state index in [0.717, 1.165) is 30.8 Å². The molecule has 1 amide bonds. The zero-order valence-corrected chi connectivity index (χ0v) is 10.6. The molecule has 1 aliphatic heterocycles. The SMILES string of the molecule is Cc1ccccc1N(C)C(=O)CC1CCNC1. The van der Waals surface area contributed by atoms with Gasteiger partial charge < -0.3 is 10.2 Å². The summed E-state index contributed by atoms with van der Waals surface area (Å²) in [7, 11) is 1.87.